The molecule has 228 valence electrons. The maximum absolute atomic E-state index is 3.67. The minimum atomic E-state index is 0. The normalized spacial score (nSPS) is 16.8. The third-order valence-corrected chi connectivity index (χ3v) is 20.8. The fourth-order valence-electron chi connectivity index (χ4n) is 6.51. The van der Waals surface area contributed by atoms with Gasteiger partial charge in [0.25, 0.3) is 0 Å². The van der Waals surface area contributed by atoms with Crippen molar-refractivity contribution in [2.45, 2.75) is 134 Å². The molecule has 0 atom stereocenters. The SMILES string of the molecule is CC(C)(C)c1[c-]c2c(cc1)-c1ccc(C(C)(C)C)cc1C2.[Cl-].[Cl-].[Hf+2]=[Si](C1CCCCC1)C1CCCCC1.c1cc[cH-]c1. The maximum Gasteiger partial charge on any atom is -0.172 e. The van der Waals surface area contributed by atoms with Crippen molar-refractivity contribution < 1.29 is 47.8 Å². The first kappa shape index (κ1) is 37.6. The van der Waals surface area contributed by atoms with E-state index >= 15 is 0 Å². The summed E-state index contributed by atoms with van der Waals surface area (Å²) in [6.07, 6.45) is 16.8. The zero-order chi connectivity index (χ0) is 28.8. The maximum atomic E-state index is 3.67. The van der Waals surface area contributed by atoms with E-state index in [0.717, 1.165) is 6.42 Å². The van der Waals surface area contributed by atoms with Crippen LogP contribution in [0.15, 0.2) is 60.7 Å². The molecule has 3 aliphatic carbocycles. The Morgan fingerprint density at radius 3 is 1.69 bits per heavy atom. The van der Waals surface area contributed by atoms with Gasteiger partial charge in [-0.15, -0.1) is 11.1 Å². The topological polar surface area (TPSA) is 0 Å². The summed E-state index contributed by atoms with van der Waals surface area (Å²) in [7, 11) is 0. The van der Waals surface area contributed by atoms with Crippen molar-refractivity contribution in [3.05, 3.63) is 89.0 Å². The molecule has 2 fully saturated rings. The van der Waals surface area contributed by atoms with Gasteiger partial charge in [0, 0.05) is 0 Å². The Morgan fingerprint density at radius 2 is 1.24 bits per heavy atom. The van der Waals surface area contributed by atoms with Gasteiger partial charge in [-0.05, 0) is 28.4 Å². The summed E-state index contributed by atoms with van der Waals surface area (Å²) < 4.78 is 0. The van der Waals surface area contributed by atoms with Crippen molar-refractivity contribution in [1.29, 1.82) is 0 Å². The van der Waals surface area contributed by atoms with Crippen molar-refractivity contribution >= 4 is 5.49 Å². The first-order valence-electron chi connectivity index (χ1n) is 16.0. The Labute approximate surface area is 285 Å². The minimum absolute atomic E-state index is 0. The molecule has 0 spiro atoms. The predicted molar refractivity (Wildman–Crippen MR) is 172 cm³/mol. The predicted octanol–water partition coefficient (Wildman–Crippen LogP) is 5.26. The average molecular weight is 786 g/mol. The van der Waals surface area contributed by atoms with Gasteiger partial charge in [-0.2, -0.15) is 42.0 Å². The van der Waals surface area contributed by atoms with Crippen molar-refractivity contribution in [3.63, 3.8) is 0 Å². The van der Waals surface area contributed by atoms with Crippen LogP contribution in [0.5, 0.6) is 0 Å². The summed E-state index contributed by atoms with van der Waals surface area (Å²) in [5, 5.41) is 0. The van der Waals surface area contributed by atoms with E-state index < -0.39 is 0 Å². The van der Waals surface area contributed by atoms with Crippen LogP contribution < -0.4 is 24.8 Å². The van der Waals surface area contributed by atoms with Gasteiger partial charge in [0.15, 0.2) is 0 Å². The van der Waals surface area contributed by atoms with Crippen molar-refractivity contribution in [2.24, 2.45) is 0 Å². The van der Waals surface area contributed by atoms with Gasteiger partial charge >= 0.3 is 104 Å². The Kier molecular flexibility index (Phi) is 15.4. The smallest absolute Gasteiger partial charge is 0.172 e. The fourth-order valence-corrected chi connectivity index (χ4v) is 15.5. The zero-order valence-electron chi connectivity index (χ0n) is 27.0. The summed E-state index contributed by atoms with van der Waals surface area (Å²) >= 11 is 1.57. The van der Waals surface area contributed by atoms with E-state index in [0.29, 0.717) is 0 Å². The molecule has 3 aromatic carbocycles. The van der Waals surface area contributed by atoms with Crippen LogP contribution in [0.2, 0.25) is 11.1 Å². The summed E-state index contributed by atoms with van der Waals surface area (Å²) in [5.41, 5.74) is 11.4. The van der Waals surface area contributed by atoms with E-state index in [1.165, 1.54) is 57.3 Å². The second-order valence-electron chi connectivity index (χ2n) is 14.4. The summed E-state index contributed by atoms with van der Waals surface area (Å²) in [6.45, 7) is 13.6. The number of rotatable bonds is 2. The molecule has 0 aliphatic heterocycles. The molecular weight excluding hydrogens is 734 g/mol. The van der Waals surface area contributed by atoms with Crippen LogP contribution in [0.25, 0.3) is 11.1 Å². The van der Waals surface area contributed by atoms with Crippen LogP contribution in [-0.2, 0) is 40.3 Å². The van der Waals surface area contributed by atoms with Crippen molar-refractivity contribution in [2.75, 3.05) is 0 Å². The first-order chi connectivity index (χ1) is 19.0. The van der Waals surface area contributed by atoms with E-state index in [-0.39, 0.29) is 41.1 Å². The Morgan fingerprint density at radius 1 is 0.714 bits per heavy atom. The quantitative estimate of drug-likeness (QED) is 0.193. The first-order valence-corrected chi connectivity index (χ1v) is 23.0. The number of halogens is 2. The molecule has 0 amide bonds. The average Bonchev–Trinajstić information content (AvgIpc) is 3.64. The van der Waals surface area contributed by atoms with E-state index in [9.17, 15) is 0 Å². The monoisotopic (exact) mass is 786 g/mol. The number of hydrogen-bond donors (Lipinski definition) is 0. The summed E-state index contributed by atoms with van der Waals surface area (Å²) in [5.74, 6) is 0. The van der Waals surface area contributed by atoms with Crippen LogP contribution in [0.3, 0.4) is 0 Å². The van der Waals surface area contributed by atoms with E-state index in [1.54, 1.807) is 74.4 Å². The molecule has 0 unspecified atom stereocenters. The molecule has 0 aromatic heterocycles. The van der Waals surface area contributed by atoms with Gasteiger partial charge < -0.3 is 24.8 Å². The third-order valence-electron chi connectivity index (χ3n) is 9.11. The molecular formula is C38H52Cl2HfSi-2. The van der Waals surface area contributed by atoms with Crippen LogP contribution >= 0.6 is 0 Å². The zero-order valence-corrected chi connectivity index (χ0v) is 33.1. The molecule has 3 aromatic rings. The van der Waals surface area contributed by atoms with Gasteiger partial charge in [0.2, 0.25) is 0 Å². The van der Waals surface area contributed by atoms with Crippen LogP contribution in [0.1, 0.15) is 128 Å². The molecule has 42 heavy (non-hydrogen) atoms. The van der Waals surface area contributed by atoms with E-state index in [2.05, 4.69) is 77.9 Å². The van der Waals surface area contributed by atoms with Crippen molar-refractivity contribution in [3.8, 4) is 11.1 Å². The Bertz CT molecular complexity index is 1120. The van der Waals surface area contributed by atoms with Gasteiger partial charge in [-0.3, -0.25) is 0 Å². The van der Waals surface area contributed by atoms with Crippen LogP contribution in [0, 0.1) is 6.07 Å². The standard InChI is InChI=1S/C21H25.C12H22Si.C5H5.2ClH.Hf/c1-20(2,3)16-7-9-18-14(12-16)11-15-13-17(21(4,5)6)8-10-19(15)18;1-3-7-11(8-4-1)13-12-9-5-2-6-10-12;1-2-4-5-3-1;;;/h7-10,12H,11H2,1-6H3;11-12H,1-10H2;1-5H;2*1H;/q-1;;-1;;;+2/p-2. The van der Waals surface area contributed by atoms with E-state index in [4.69, 9.17) is 0 Å². The van der Waals surface area contributed by atoms with Crippen LogP contribution in [0.4, 0.5) is 0 Å². The summed E-state index contributed by atoms with van der Waals surface area (Å²) in [4.78, 5) is 0. The third kappa shape index (κ3) is 10.5. The Balaban J connectivity index is 0.000000253. The van der Waals surface area contributed by atoms with Crippen molar-refractivity contribution in [1.82, 2.24) is 0 Å². The largest absolute Gasteiger partial charge is 0.214 e. The molecule has 6 rings (SSSR count). The molecule has 3 aliphatic rings. The number of fused-ring (bicyclic) bond motifs is 3. The van der Waals surface area contributed by atoms with Gasteiger partial charge in [0.05, 0.1) is 0 Å². The van der Waals surface area contributed by atoms with E-state index in [1.807, 2.05) is 30.3 Å². The molecule has 0 heterocycles. The number of hydrogen-bond acceptors (Lipinski definition) is 0. The minimum Gasteiger partial charge on any atom is -0.214 e. The Hall–Kier alpha value is -0.543. The fraction of sp³-hybridized carbons (Fsp3) is 0.553. The molecule has 0 N–H and O–H groups in total. The number of benzene rings is 2. The molecule has 2 saturated carbocycles. The molecule has 0 saturated heterocycles. The molecule has 0 nitrogen and oxygen atoms in total. The second kappa shape index (κ2) is 17.2. The van der Waals surface area contributed by atoms with Gasteiger partial charge in [0.1, 0.15) is 0 Å². The van der Waals surface area contributed by atoms with Crippen LogP contribution in [-0.4, -0.2) is 5.49 Å². The molecule has 0 radical (unpaired) electrons. The second-order valence-corrected chi connectivity index (χ2v) is 23.2. The molecule has 4 heteroatoms. The van der Waals surface area contributed by atoms with Gasteiger partial charge in [-0.25, -0.2) is 12.1 Å². The van der Waals surface area contributed by atoms with Gasteiger partial charge in [-0.1, -0.05) is 65.3 Å². The summed E-state index contributed by atoms with van der Waals surface area (Å²) in [6, 6.07) is 25.2. The molecule has 0 bridgehead atoms.